The molecule has 0 bridgehead atoms. The van der Waals surface area contributed by atoms with E-state index in [1.807, 2.05) is 55.8 Å². The summed E-state index contributed by atoms with van der Waals surface area (Å²) in [6.07, 6.45) is 7.76. The monoisotopic (exact) mass is 331 g/mol. The van der Waals surface area contributed by atoms with Gasteiger partial charge in [0.1, 0.15) is 0 Å². The van der Waals surface area contributed by atoms with Gasteiger partial charge in [-0.2, -0.15) is 5.10 Å². The van der Waals surface area contributed by atoms with Crippen molar-refractivity contribution in [2.24, 2.45) is 0 Å². The molecule has 1 aromatic carbocycles. The smallest absolute Gasteiger partial charge is 0.224 e. The lowest BCUT2D eigenvalue weighted by Crippen LogP contribution is -2.08. The molecule has 0 saturated carbocycles. The van der Waals surface area contributed by atoms with Crippen molar-refractivity contribution in [3.05, 3.63) is 61.2 Å². The Balaban J connectivity index is 1.71. The molecule has 25 heavy (non-hydrogen) atoms. The fourth-order valence-corrected chi connectivity index (χ4v) is 2.73. The van der Waals surface area contributed by atoms with Gasteiger partial charge in [0, 0.05) is 41.5 Å². The van der Waals surface area contributed by atoms with E-state index >= 15 is 0 Å². The first-order chi connectivity index (χ1) is 12.2. The average molecular weight is 331 g/mol. The summed E-state index contributed by atoms with van der Waals surface area (Å²) in [6, 6.07) is 11.8. The van der Waals surface area contributed by atoms with Crippen molar-refractivity contribution < 1.29 is 4.79 Å². The highest BCUT2D eigenvalue weighted by Crippen LogP contribution is 2.29. The molecule has 3 aromatic heterocycles. The number of nitrogens with zero attached hydrogens (tertiary/aromatic N) is 3. The molecule has 0 aliphatic rings. The van der Waals surface area contributed by atoms with Gasteiger partial charge in [-0.3, -0.25) is 4.79 Å². The van der Waals surface area contributed by atoms with Crippen LogP contribution in [-0.4, -0.2) is 25.7 Å². The number of pyridine rings is 1. The molecule has 0 aliphatic carbocycles. The van der Waals surface area contributed by atoms with E-state index in [4.69, 9.17) is 0 Å². The van der Waals surface area contributed by atoms with Crippen LogP contribution in [0, 0.1) is 0 Å². The molecule has 2 N–H and O–H groups in total. The fourth-order valence-electron chi connectivity index (χ4n) is 2.73. The topological polar surface area (TPSA) is 75.6 Å². The molecule has 3 heterocycles. The summed E-state index contributed by atoms with van der Waals surface area (Å²) in [4.78, 5) is 19.2. The molecule has 0 unspecified atom stereocenters. The highest BCUT2D eigenvalue weighted by atomic mass is 16.1. The predicted molar refractivity (Wildman–Crippen MR) is 97.6 cm³/mol. The van der Waals surface area contributed by atoms with Crippen LogP contribution in [0.1, 0.15) is 13.3 Å². The average Bonchev–Trinajstić information content (AvgIpc) is 3.30. The molecule has 0 saturated heterocycles. The van der Waals surface area contributed by atoms with Crippen molar-refractivity contribution in [3.8, 4) is 16.9 Å². The number of anilines is 1. The number of carbonyl (C=O) groups excluding carboxylic acids is 1. The van der Waals surface area contributed by atoms with E-state index in [0.717, 1.165) is 33.5 Å². The number of rotatable bonds is 4. The molecule has 4 aromatic rings. The number of hydrogen-bond acceptors (Lipinski definition) is 3. The summed E-state index contributed by atoms with van der Waals surface area (Å²) < 4.78 is 1.75. The van der Waals surface area contributed by atoms with Gasteiger partial charge in [-0.25, -0.2) is 9.67 Å². The van der Waals surface area contributed by atoms with Crippen LogP contribution < -0.4 is 5.32 Å². The van der Waals surface area contributed by atoms with Gasteiger partial charge in [-0.05, 0) is 29.8 Å². The molecule has 1 amide bonds. The van der Waals surface area contributed by atoms with Gasteiger partial charge >= 0.3 is 0 Å². The largest absolute Gasteiger partial charge is 0.359 e. The molecule has 124 valence electrons. The summed E-state index contributed by atoms with van der Waals surface area (Å²) >= 11 is 0. The summed E-state index contributed by atoms with van der Waals surface area (Å²) in [7, 11) is 0. The van der Waals surface area contributed by atoms with Crippen molar-refractivity contribution in [2.45, 2.75) is 13.3 Å². The van der Waals surface area contributed by atoms with Crippen molar-refractivity contribution in [2.75, 3.05) is 5.32 Å². The van der Waals surface area contributed by atoms with Gasteiger partial charge in [0.25, 0.3) is 0 Å². The minimum Gasteiger partial charge on any atom is -0.359 e. The second-order valence-electron chi connectivity index (χ2n) is 5.73. The molecular weight excluding hydrogens is 314 g/mol. The van der Waals surface area contributed by atoms with E-state index in [1.165, 1.54) is 0 Å². The molecule has 0 radical (unpaired) electrons. The van der Waals surface area contributed by atoms with Gasteiger partial charge in [0.2, 0.25) is 5.91 Å². The van der Waals surface area contributed by atoms with Gasteiger partial charge in [-0.1, -0.05) is 19.1 Å². The van der Waals surface area contributed by atoms with Crippen molar-refractivity contribution >= 4 is 22.5 Å². The van der Waals surface area contributed by atoms with Crippen LogP contribution in [0.3, 0.4) is 0 Å². The number of hydrogen-bond donors (Lipinski definition) is 2. The minimum atomic E-state index is -0.00530. The maximum atomic E-state index is 11.7. The molecule has 0 atom stereocenters. The first-order valence-corrected chi connectivity index (χ1v) is 8.12. The van der Waals surface area contributed by atoms with E-state index in [2.05, 4.69) is 26.4 Å². The highest BCUT2D eigenvalue weighted by Gasteiger charge is 2.09. The number of aromatic nitrogens is 4. The van der Waals surface area contributed by atoms with Gasteiger partial charge < -0.3 is 10.3 Å². The van der Waals surface area contributed by atoms with Crippen LogP contribution in [0.5, 0.6) is 0 Å². The van der Waals surface area contributed by atoms with E-state index < -0.39 is 0 Å². The van der Waals surface area contributed by atoms with E-state index in [0.29, 0.717) is 6.42 Å². The lowest BCUT2D eigenvalue weighted by Gasteiger charge is -2.03. The Hall–Kier alpha value is -3.41. The standard InChI is InChI=1S/C19H17N5O/c1-2-19(25)23-17-11-21-16-7-6-13(9-15(16)17)14-10-22-24(12-14)18-5-3-4-8-20-18/h3-12,21H,2H2,1H3,(H,23,25). The van der Waals surface area contributed by atoms with E-state index in [-0.39, 0.29) is 5.91 Å². The van der Waals surface area contributed by atoms with Crippen LogP contribution in [0.15, 0.2) is 61.2 Å². The predicted octanol–water partition coefficient (Wildman–Crippen LogP) is 3.76. The normalized spacial score (nSPS) is 10.9. The van der Waals surface area contributed by atoms with Crippen LogP contribution in [-0.2, 0) is 4.79 Å². The van der Waals surface area contributed by atoms with Gasteiger partial charge in [0.05, 0.1) is 11.9 Å². The summed E-state index contributed by atoms with van der Waals surface area (Å²) in [5.41, 5.74) is 3.79. The summed E-state index contributed by atoms with van der Waals surface area (Å²) in [5.74, 6) is 0.765. The third-order valence-corrected chi connectivity index (χ3v) is 4.08. The maximum absolute atomic E-state index is 11.7. The summed E-state index contributed by atoms with van der Waals surface area (Å²) in [6.45, 7) is 1.83. The van der Waals surface area contributed by atoms with E-state index in [1.54, 1.807) is 10.9 Å². The minimum absolute atomic E-state index is 0.00530. The number of fused-ring (bicyclic) bond motifs is 1. The second kappa shape index (κ2) is 6.24. The Morgan fingerprint density at radius 1 is 1.24 bits per heavy atom. The molecule has 0 aliphatic heterocycles. The zero-order valence-corrected chi connectivity index (χ0v) is 13.7. The maximum Gasteiger partial charge on any atom is 0.224 e. The lowest BCUT2D eigenvalue weighted by atomic mass is 10.1. The zero-order chi connectivity index (χ0) is 17.2. The molecular formula is C19H17N5O. The van der Waals surface area contributed by atoms with Crippen LogP contribution in [0.2, 0.25) is 0 Å². The second-order valence-corrected chi connectivity index (χ2v) is 5.73. The third-order valence-electron chi connectivity index (χ3n) is 4.08. The van der Waals surface area contributed by atoms with E-state index in [9.17, 15) is 4.79 Å². The number of amides is 1. The quantitative estimate of drug-likeness (QED) is 0.598. The number of carbonyl (C=O) groups is 1. The summed E-state index contributed by atoms with van der Waals surface area (Å²) in [5, 5.41) is 8.29. The first-order valence-electron chi connectivity index (χ1n) is 8.12. The Labute approximate surface area is 144 Å². The SMILES string of the molecule is CCC(=O)Nc1c[nH]c2ccc(-c3cnn(-c4ccccn4)c3)cc12. The van der Waals surface area contributed by atoms with Crippen molar-refractivity contribution in [1.29, 1.82) is 0 Å². The lowest BCUT2D eigenvalue weighted by molar-refractivity contribution is -0.115. The number of benzene rings is 1. The van der Waals surface area contributed by atoms with Crippen molar-refractivity contribution in [1.82, 2.24) is 19.7 Å². The van der Waals surface area contributed by atoms with Crippen LogP contribution in [0.4, 0.5) is 5.69 Å². The Bertz CT molecular complexity index is 1030. The molecule has 4 rings (SSSR count). The Kier molecular flexibility index (Phi) is 3.78. The molecule has 0 spiro atoms. The Morgan fingerprint density at radius 2 is 2.16 bits per heavy atom. The Morgan fingerprint density at radius 3 is 2.96 bits per heavy atom. The molecule has 6 nitrogen and oxygen atoms in total. The molecule has 6 heteroatoms. The zero-order valence-electron chi connectivity index (χ0n) is 13.7. The highest BCUT2D eigenvalue weighted by molar-refractivity contribution is 6.02. The van der Waals surface area contributed by atoms with Crippen LogP contribution >= 0.6 is 0 Å². The third kappa shape index (κ3) is 2.89. The van der Waals surface area contributed by atoms with Gasteiger partial charge in [-0.15, -0.1) is 0 Å². The number of aromatic amines is 1. The first kappa shape index (κ1) is 15.1. The number of H-pyrrole nitrogens is 1. The van der Waals surface area contributed by atoms with Crippen LogP contribution in [0.25, 0.3) is 27.8 Å². The van der Waals surface area contributed by atoms with Gasteiger partial charge in [0.15, 0.2) is 5.82 Å². The van der Waals surface area contributed by atoms with Crippen molar-refractivity contribution in [3.63, 3.8) is 0 Å². The fraction of sp³-hybridized carbons (Fsp3) is 0.105. The number of nitrogens with one attached hydrogen (secondary N) is 2. The molecule has 0 fully saturated rings.